The van der Waals surface area contributed by atoms with E-state index in [0.717, 1.165) is 46.2 Å². The zero-order valence-electron chi connectivity index (χ0n) is 23.9. The van der Waals surface area contributed by atoms with Gasteiger partial charge in [-0.2, -0.15) is 4.73 Å². The monoisotopic (exact) mass is 593 g/mol. The van der Waals surface area contributed by atoms with E-state index in [-0.39, 0.29) is 30.6 Å². The van der Waals surface area contributed by atoms with Gasteiger partial charge in [0.2, 0.25) is 11.8 Å². The Morgan fingerprint density at radius 1 is 0.952 bits per heavy atom. The van der Waals surface area contributed by atoms with E-state index in [1.165, 1.54) is 24.9 Å². The number of benzene rings is 2. The van der Waals surface area contributed by atoms with Crippen LogP contribution in [0.3, 0.4) is 0 Å². The molecule has 0 radical (unpaired) electrons. The predicted octanol–water partition coefficient (Wildman–Crippen LogP) is 4.46. The lowest BCUT2D eigenvalue weighted by molar-refractivity contribution is -0.645. The van der Waals surface area contributed by atoms with Crippen LogP contribution in [0.15, 0.2) is 78.0 Å². The first kappa shape index (κ1) is 31.5. The van der Waals surface area contributed by atoms with E-state index in [4.69, 9.17) is 9.47 Å². The lowest BCUT2D eigenvalue weighted by Crippen LogP contribution is -2.32. The molecule has 1 fully saturated rings. The van der Waals surface area contributed by atoms with Gasteiger partial charge < -0.3 is 30.4 Å². The molecule has 2 aromatic carbocycles. The molecule has 0 aliphatic carbocycles. The number of hydrogen-bond acceptors (Lipinski definition) is 7. The van der Waals surface area contributed by atoms with Gasteiger partial charge in [-0.05, 0) is 35.6 Å². The molecule has 224 valence electrons. The summed E-state index contributed by atoms with van der Waals surface area (Å²) in [4.78, 5) is 23.1. The number of aliphatic hydroxyl groups excluding tert-OH is 1. The van der Waals surface area contributed by atoms with Crippen molar-refractivity contribution in [2.24, 2.45) is 0 Å². The first-order valence-corrected chi connectivity index (χ1v) is 15.3. The molecule has 1 aliphatic rings. The molecule has 3 N–H and O–H groups in total. The van der Waals surface area contributed by atoms with Gasteiger partial charge >= 0.3 is 0 Å². The molecule has 0 bridgehead atoms. The number of aromatic nitrogens is 1. The van der Waals surface area contributed by atoms with Crippen molar-refractivity contribution in [1.29, 1.82) is 0 Å². The Kier molecular flexibility index (Phi) is 12.2. The molecule has 0 unspecified atom stereocenters. The van der Waals surface area contributed by atoms with Crippen molar-refractivity contribution in [1.82, 2.24) is 10.6 Å². The molecular formula is C32H39N3O6S. The lowest BCUT2D eigenvalue weighted by atomic mass is 10.0. The van der Waals surface area contributed by atoms with Gasteiger partial charge in [0.05, 0.1) is 18.8 Å². The summed E-state index contributed by atoms with van der Waals surface area (Å²) in [6.45, 7) is 2.55. The van der Waals surface area contributed by atoms with Crippen molar-refractivity contribution in [3.63, 3.8) is 0 Å². The van der Waals surface area contributed by atoms with E-state index in [9.17, 15) is 19.9 Å². The van der Waals surface area contributed by atoms with Gasteiger partial charge in [-0.3, -0.25) is 9.59 Å². The van der Waals surface area contributed by atoms with Crippen LogP contribution in [0.4, 0.5) is 0 Å². The Labute approximate surface area is 251 Å². The highest BCUT2D eigenvalue weighted by Crippen LogP contribution is 2.39. The number of carbonyl (C=O) groups is 2. The van der Waals surface area contributed by atoms with Crippen molar-refractivity contribution in [3.05, 3.63) is 100 Å². The maximum atomic E-state index is 12.2. The van der Waals surface area contributed by atoms with E-state index in [2.05, 4.69) is 10.6 Å². The Bertz CT molecular complexity index is 1290. The van der Waals surface area contributed by atoms with Crippen LogP contribution < -0.4 is 15.4 Å². The number of thioether (sulfide) groups is 1. The summed E-state index contributed by atoms with van der Waals surface area (Å²) in [5.41, 5.74) is 3.68. The third-order valence-electron chi connectivity index (χ3n) is 7.02. The largest absolute Gasteiger partial charge is 0.618 e. The minimum atomic E-state index is -0.594. The lowest BCUT2D eigenvalue weighted by Gasteiger charge is -2.36. The highest BCUT2D eigenvalue weighted by atomic mass is 32.2. The quantitative estimate of drug-likeness (QED) is 0.109. The third-order valence-corrected chi connectivity index (χ3v) is 8.17. The molecule has 1 aliphatic heterocycles. The molecule has 1 aromatic heterocycles. The maximum Gasteiger partial charge on any atom is 0.251 e. The Balaban J connectivity index is 1.33. The zero-order chi connectivity index (χ0) is 29.7. The van der Waals surface area contributed by atoms with Crippen LogP contribution in [-0.4, -0.2) is 35.3 Å². The van der Waals surface area contributed by atoms with E-state index in [0.29, 0.717) is 36.7 Å². The molecule has 1 saturated heterocycles. The molecule has 0 saturated carbocycles. The summed E-state index contributed by atoms with van der Waals surface area (Å²) < 4.78 is 13.6. The van der Waals surface area contributed by atoms with Crippen molar-refractivity contribution < 1.29 is 28.9 Å². The van der Waals surface area contributed by atoms with Gasteiger partial charge in [0.15, 0.2) is 12.5 Å². The molecule has 42 heavy (non-hydrogen) atoms. The van der Waals surface area contributed by atoms with Crippen molar-refractivity contribution in [3.8, 4) is 0 Å². The number of hydrogen-bond donors (Lipinski definition) is 3. The van der Waals surface area contributed by atoms with Gasteiger partial charge in [0.25, 0.3) is 5.03 Å². The molecule has 3 aromatic rings. The van der Waals surface area contributed by atoms with Crippen molar-refractivity contribution >= 4 is 23.6 Å². The van der Waals surface area contributed by atoms with Gasteiger partial charge in [0, 0.05) is 56.3 Å². The fraction of sp³-hybridized carbons (Fsp3) is 0.406. The number of rotatable bonds is 14. The summed E-state index contributed by atoms with van der Waals surface area (Å²) in [6.07, 6.45) is 4.14. The number of unbranched alkanes of at least 4 members (excludes halogenated alkanes) is 2. The van der Waals surface area contributed by atoms with Crippen LogP contribution in [0.2, 0.25) is 0 Å². The number of pyridine rings is 1. The third kappa shape index (κ3) is 9.84. The normalized spacial score (nSPS) is 18.4. The highest BCUT2D eigenvalue weighted by molar-refractivity contribution is 7.99. The number of amides is 2. The van der Waals surface area contributed by atoms with E-state index in [1.807, 2.05) is 54.6 Å². The number of carbonyl (C=O) groups excluding carboxylic acids is 2. The molecule has 2 heterocycles. The smallest absolute Gasteiger partial charge is 0.251 e. The van der Waals surface area contributed by atoms with Crippen LogP contribution in [0.1, 0.15) is 73.7 Å². The van der Waals surface area contributed by atoms with Crippen LogP contribution in [0.5, 0.6) is 0 Å². The molecule has 2 amide bonds. The number of nitrogens with zero attached hydrogens (tertiary/aromatic N) is 1. The van der Waals surface area contributed by atoms with Crippen molar-refractivity contribution in [2.45, 2.75) is 75.7 Å². The van der Waals surface area contributed by atoms with Crippen LogP contribution in [0, 0.1) is 5.21 Å². The fourth-order valence-electron chi connectivity index (χ4n) is 4.66. The number of ether oxygens (including phenoxy) is 2. The fourth-order valence-corrected chi connectivity index (χ4v) is 5.59. The molecule has 0 spiro atoms. The summed E-state index contributed by atoms with van der Waals surface area (Å²) in [6, 6.07) is 20.9. The zero-order valence-corrected chi connectivity index (χ0v) is 24.7. The molecule has 3 atom stereocenters. The summed E-state index contributed by atoms with van der Waals surface area (Å²) in [7, 11) is 0. The molecule has 9 nitrogen and oxygen atoms in total. The SMILES string of the molecule is CC(=O)NCCCCCC(=O)NCc1ccc([C@H]2O[C@@H](CSc3cccc[n+]3[O-])C[C@@H](c3ccc(CO)cc3)O2)cc1. The van der Waals surface area contributed by atoms with E-state index in [1.54, 1.807) is 12.1 Å². The number of nitrogens with one attached hydrogen (secondary N) is 2. The Morgan fingerprint density at radius 3 is 2.40 bits per heavy atom. The average molecular weight is 594 g/mol. The minimum absolute atomic E-state index is 0.00534. The first-order chi connectivity index (χ1) is 20.4. The minimum Gasteiger partial charge on any atom is -0.618 e. The predicted molar refractivity (Wildman–Crippen MR) is 160 cm³/mol. The van der Waals surface area contributed by atoms with Gasteiger partial charge in [-0.1, -0.05) is 66.7 Å². The van der Waals surface area contributed by atoms with Crippen LogP contribution in [-0.2, 0) is 32.2 Å². The highest BCUT2D eigenvalue weighted by Gasteiger charge is 2.32. The second kappa shape index (κ2) is 16.3. The maximum absolute atomic E-state index is 12.2. The van der Waals surface area contributed by atoms with Crippen molar-refractivity contribution in [2.75, 3.05) is 12.3 Å². The van der Waals surface area contributed by atoms with E-state index < -0.39 is 6.29 Å². The van der Waals surface area contributed by atoms with Gasteiger partial charge in [0.1, 0.15) is 0 Å². The second-order valence-electron chi connectivity index (χ2n) is 10.3. The molecule has 4 rings (SSSR count). The van der Waals surface area contributed by atoms with Crippen LogP contribution in [0.25, 0.3) is 0 Å². The standard InChI is InChI=1S/C32H39N3O6S/c1-23(37)33-17-5-2-3-7-30(38)34-20-24-9-15-27(16-10-24)32-40-28(22-42-31-8-4-6-18-35(31)39)19-29(41-32)26-13-11-25(21-36)12-14-26/h4,6,8-16,18,28-29,32,36H,2-3,5,7,17,19-22H2,1H3,(H,33,37)(H,34,38)/t28-,29+,32+/m1/s1. The van der Waals surface area contributed by atoms with E-state index >= 15 is 0 Å². The summed E-state index contributed by atoms with van der Waals surface area (Å²) in [5.74, 6) is 0.564. The average Bonchev–Trinajstić information content (AvgIpc) is 3.01. The molecular weight excluding hydrogens is 554 g/mol. The first-order valence-electron chi connectivity index (χ1n) is 14.3. The van der Waals surface area contributed by atoms with Gasteiger partial charge in [-0.15, -0.1) is 0 Å². The summed E-state index contributed by atoms with van der Waals surface area (Å²) >= 11 is 1.46. The molecule has 10 heteroatoms. The second-order valence-corrected chi connectivity index (χ2v) is 11.4. The number of aliphatic hydroxyl groups is 1. The topological polar surface area (TPSA) is 124 Å². The Morgan fingerprint density at radius 2 is 1.69 bits per heavy atom. The Hall–Kier alpha value is -3.44. The summed E-state index contributed by atoms with van der Waals surface area (Å²) in [5, 5.41) is 27.9. The van der Waals surface area contributed by atoms with Crippen LogP contribution >= 0.6 is 11.8 Å². The van der Waals surface area contributed by atoms with Gasteiger partial charge in [-0.25, -0.2) is 0 Å².